The van der Waals surface area contributed by atoms with Gasteiger partial charge in [0.05, 0.1) is 35.5 Å². The number of cyclic esters (lactones) is 1. The van der Waals surface area contributed by atoms with Crippen molar-refractivity contribution in [2.24, 2.45) is 0 Å². The van der Waals surface area contributed by atoms with Crippen molar-refractivity contribution in [3.8, 4) is 0 Å². The summed E-state index contributed by atoms with van der Waals surface area (Å²) >= 11 is 0. The second kappa shape index (κ2) is 6.66. The molecule has 7 nitrogen and oxygen atoms in total. The zero-order chi connectivity index (χ0) is 18.1. The first-order valence-corrected chi connectivity index (χ1v) is 8.35. The molecule has 1 saturated heterocycles. The molecule has 25 heavy (non-hydrogen) atoms. The van der Waals surface area contributed by atoms with Crippen LogP contribution in [0.2, 0.25) is 0 Å². The normalized spacial score (nSPS) is 17.2. The largest absolute Gasteiger partial charge is 0.442 e. The number of hydrogen-bond acceptors (Lipinski definition) is 5. The molecule has 0 saturated carbocycles. The van der Waals surface area contributed by atoms with Crippen molar-refractivity contribution in [1.82, 2.24) is 20.2 Å². The topological polar surface area (TPSA) is 84.4 Å². The van der Waals surface area contributed by atoms with Gasteiger partial charge in [0, 0.05) is 11.6 Å². The number of rotatable bonds is 4. The van der Waals surface area contributed by atoms with Crippen molar-refractivity contribution < 1.29 is 14.3 Å². The third-order valence-corrected chi connectivity index (χ3v) is 4.35. The maximum absolute atomic E-state index is 12.4. The van der Waals surface area contributed by atoms with Gasteiger partial charge >= 0.3 is 6.09 Å². The Kier molecular flexibility index (Phi) is 4.57. The Labute approximate surface area is 146 Å². The van der Waals surface area contributed by atoms with E-state index in [1.807, 2.05) is 27.7 Å². The molecule has 1 aliphatic heterocycles. The number of ether oxygens (including phenoxy) is 1. The van der Waals surface area contributed by atoms with E-state index >= 15 is 0 Å². The van der Waals surface area contributed by atoms with Crippen LogP contribution in [0.5, 0.6) is 0 Å². The van der Waals surface area contributed by atoms with E-state index in [1.165, 1.54) is 0 Å². The van der Waals surface area contributed by atoms with E-state index in [4.69, 9.17) is 4.74 Å². The number of carbonyl (C=O) groups is 2. The summed E-state index contributed by atoms with van der Waals surface area (Å²) < 4.78 is 5.27. The summed E-state index contributed by atoms with van der Waals surface area (Å²) in [6.45, 7) is 8.43. The van der Waals surface area contributed by atoms with Gasteiger partial charge in [0.2, 0.25) is 0 Å². The molecule has 1 N–H and O–H groups in total. The highest BCUT2D eigenvalue weighted by Gasteiger charge is 2.32. The SMILES string of the molecule is Cc1nc2ccc(C(=O)NCC3CN(C(C)C)C(=O)O3)cc2nc1C. The van der Waals surface area contributed by atoms with Crippen LogP contribution in [0.4, 0.5) is 4.79 Å². The summed E-state index contributed by atoms with van der Waals surface area (Å²) in [5.41, 5.74) is 3.68. The Hall–Kier alpha value is -2.70. The van der Waals surface area contributed by atoms with Crippen LogP contribution in [0.15, 0.2) is 18.2 Å². The fourth-order valence-corrected chi connectivity index (χ4v) is 2.75. The number of aromatic nitrogens is 2. The molecule has 1 aliphatic rings. The number of amides is 2. The fraction of sp³-hybridized carbons (Fsp3) is 0.444. The Morgan fingerprint density at radius 3 is 2.60 bits per heavy atom. The van der Waals surface area contributed by atoms with Crippen LogP contribution in [0.3, 0.4) is 0 Å². The number of carbonyl (C=O) groups excluding carboxylic acids is 2. The van der Waals surface area contributed by atoms with E-state index in [0.29, 0.717) is 17.6 Å². The minimum absolute atomic E-state index is 0.0824. The Morgan fingerprint density at radius 2 is 1.96 bits per heavy atom. The van der Waals surface area contributed by atoms with Crippen LogP contribution in [-0.4, -0.2) is 52.1 Å². The number of hydrogen-bond donors (Lipinski definition) is 1. The first-order chi connectivity index (χ1) is 11.8. The van der Waals surface area contributed by atoms with E-state index < -0.39 is 0 Å². The number of nitrogens with one attached hydrogen (secondary N) is 1. The molecule has 2 amide bonds. The lowest BCUT2D eigenvalue weighted by atomic mass is 10.1. The molecule has 0 spiro atoms. The summed E-state index contributed by atoms with van der Waals surface area (Å²) in [6, 6.07) is 5.33. The van der Waals surface area contributed by atoms with E-state index in [9.17, 15) is 9.59 Å². The molecular formula is C18H22N4O3. The van der Waals surface area contributed by atoms with E-state index in [2.05, 4.69) is 15.3 Å². The second-order valence-electron chi connectivity index (χ2n) is 6.56. The average Bonchev–Trinajstić information content (AvgIpc) is 2.94. The van der Waals surface area contributed by atoms with Crippen molar-refractivity contribution in [2.75, 3.05) is 13.1 Å². The maximum atomic E-state index is 12.4. The molecule has 1 aromatic heterocycles. The zero-order valence-corrected chi connectivity index (χ0v) is 14.9. The predicted octanol–water partition coefficient (Wildman–Crippen LogP) is 2.21. The summed E-state index contributed by atoms with van der Waals surface area (Å²) in [5.74, 6) is -0.221. The lowest BCUT2D eigenvalue weighted by Crippen LogP contribution is -2.36. The minimum Gasteiger partial charge on any atom is -0.442 e. The summed E-state index contributed by atoms with van der Waals surface area (Å²) in [4.78, 5) is 34.7. The van der Waals surface area contributed by atoms with Crippen LogP contribution in [0.1, 0.15) is 35.6 Å². The van der Waals surface area contributed by atoms with Gasteiger partial charge in [-0.15, -0.1) is 0 Å². The van der Waals surface area contributed by atoms with Gasteiger partial charge in [-0.3, -0.25) is 4.79 Å². The number of benzene rings is 1. The van der Waals surface area contributed by atoms with Gasteiger partial charge < -0.3 is 15.0 Å². The predicted molar refractivity (Wildman–Crippen MR) is 93.5 cm³/mol. The molecule has 2 heterocycles. The molecule has 2 aromatic rings. The van der Waals surface area contributed by atoms with Gasteiger partial charge in [0.1, 0.15) is 6.10 Å². The van der Waals surface area contributed by atoms with Gasteiger partial charge in [-0.25, -0.2) is 14.8 Å². The third kappa shape index (κ3) is 3.55. The van der Waals surface area contributed by atoms with Gasteiger partial charge in [0.15, 0.2) is 0 Å². The van der Waals surface area contributed by atoms with Gasteiger partial charge in [0.25, 0.3) is 5.91 Å². The average molecular weight is 342 g/mol. The zero-order valence-electron chi connectivity index (χ0n) is 14.9. The fourth-order valence-electron chi connectivity index (χ4n) is 2.75. The summed E-state index contributed by atoms with van der Waals surface area (Å²) in [5, 5.41) is 2.82. The van der Waals surface area contributed by atoms with E-state index in [-0.39, 0.29) is 30.7 Å². The van der Waals surface area contributed by atoms with Crippen LogP contribution in [0.25, 0.3) is 11.0 Å². The standard InChI is InChI=1S/C18H22N4O3/c1-10(2)22-9-14(25-18(22)24)8-19-17(23)13-5-6-15-16(7-13)21-12(4)11(3)20-15/h5-7,10,14H,8-9H2,1-4H3,(H,19,23). The van der Waals surface area contributed by atoms with Crippen LogP contribution >= 0.6 is 0 Å². The molecule has 7 heteroatoms. The molecular weight excluding hydrogens is 320 g/mol. The van der Waals surface area contributed by atoms with Crippen molar-refractivity contribution in [3.63, 3.8) is 0 Å². The lowest BCUT2D eigenvalue weighted by molar-refractivity contribution is 0.0914. The highest BCUT2D eigenvalue weighted by atomic mass is 16.6. The lowest BCUT2D eigenvalue weighted by Gasteiger charge is -2.16. The van der Waals surface area contributed by atoms with Crippen molar-refractivity contribution in [3.05, 3.63) is 35.2 Å². The van der Waals surface area contributed by atoms with Gasteiger partial charge in [-0.2, -0.15) is 0 Å². The highest BCUT2D eigenvalue weighted by Crippen LogP contribution is 2.16. The molecule has 0 aliphatic carbocycles. The van der Waals surface area contributed by atoms with Gasteiger partial charge in [-0.1, -0.05) is 0 Å². The first kappa shape index (κ1) is 17.1. The van der Waals surface area contributed by atoms with Crippen LogP contribution in [-0.2, 0) is 4.74 Å². The molecule has 1 fully saturated rings. The number of aryl methyl sites for hydroxylation is 2. The van der Waals surface area contributed by atoms with Crippen LogP contribution in [0, 0.1) is 13.8 Å². The highest BCUT2D eigenvalue weighted by molar-refractivity contribution is 5.97. The molecule has 1 aromatic carbocycles. The van der Waals surface area contributed by atoms with E-state index in [1.54, 1.807) is 23.1 Å². The van der Waals surface area contributed by atoms with Crippen molar-refractivity contribution in [1.29, 1.82) is 0 Å². The quantitative estimate of drug-likeness (QED) is 0.921. The molecule has 1 atom stereocenters. The first-order valence-electron chi connectivity index (χ1n) is 8.35. The summed E-state index contributed by atoms with van der Waals surface area (Å²) in [7, 11) is 0. The molecule has 3 rings (SSSR count). The minimum atomic E-state index is -0.332. The maximum Gasteiger partial charge on any atom is 0.410 e. The molecule has 1 unspecified atom stereocenters. The summed E-state index contributed by atoms with van der Waals surface area (Å²) in [6.07, 6.45) is -0.662. The van der Waals surface area contributed by atoms with Crippen molar-refractivity contribution >= 4 is 23.0 Å². The number of fused-ring (bicyclic) bond motifs is 1. The smallest absolute Gasteiger partial charge is 0.410 e. The molecule has 0 radical (unpaired) electrons. The molecule has 132 valence electrons. The Bertz CT molecular complexity index is 834. The second-order valence-corrected chi connectivity index (χ2v) is 6.56. The molecule has 0 bridgehead atoms. The van der Waals surface area contributed by atoms with Gasteiger partial charge in [-0.05, 0) is 45.9 Å². The van der Waals surface area contributed by atoms with Crippen LogP contribution < -0.4 is 5.32 Å². The number of nitrogens with zero attached hydrogens (tertiary/aromatic N) is 3. The third-order valence-electron chi connectivity index (χ3n) is 4.35. The Morgan fingerprint density at radius 1 is 1.28 bits per heavy atom. The Balaban J connectivity index is 1.67. The van der Waals surface area contributed by atoms with Crippen molar-refractivity contribution in [2.45, 2.75) is 39.8 Å². The monoisotopic (exact) mass is 342 g/mol. The van der Waals surface area contributed by atoms with E-state index in [0.717, 1.165) is 16.9 Å².